The number of carbonyl (C=O) groups is 2. The molecule has 0 aromatic heterocycles. The maximum Gasteiger partial charge on any atom is 0.227 e. The molecule has 0 aromatic rings. The average Bonchev–Trinajstić information content (AvgIpc) is 2.84. The molecule has 0 saturated carbocycles. The molecule has 0 atom stereocenters. The third-order valence-corrected chi connectivity index (χ3v) is 4.91. The third kappa shape index (κ3) is 4.43. The van der Waals surface area contributed by atoms with Gasteiger partial charge in [-0.15, -0.1) is 0 Å². The van der Waals surface area contributed by atoms with Crippen molar-refractivity contribution in [1.82, 2.24) is 10.2 Å². The van der Waals surface area contributed by atoms with Gasteiger partial charge in [0.25, 0.3) is 0 Å². The Morgan fingerprint density at radius 1 is 1.09 bits per heavy atom. The predicted octanol–water partition coefficient (Wildman–Crippen LogP) is 0.651. The van der Waals surface area contributed by atoms with Crippen molar-refractivity contribution in [2.75, 3.05) is 39.4 Å². The number of hydrogen-bond acceptors (Lipinski definition) is 4. The molecule has 0 bridgehead atoms. The summed E-state index contributed by atoms with van der Waals surface area (Å²) < 4.78 is 5.31. The number of hydrogen-bond donors (Lipinski definition) is 2. The Kier molecular flexibility index (Phi) is 6.64. The maximum atomic E-state index is 12.4. The van der Waals surface area contributed by atoms with Gasteiger partial charge in [-0.05, 0) is 25.7 Å². The summed E-state index contributed by atoms with van der Waals surface area (Å²) in [7, 11) is 0. The summed E-state index contributed by atoms with van der Waals surface area (Å²) in [4.78, 5) is 26.5. The van der Waals surface area contributed by atoms with Gasteiger partial charge in [0.15, 0.2) is 0 Å². The second kappa shape index (κ2) is 8.48. The second-order valence-electron chi connectivity index (χ2n) is 6.40. The Morgan fingerprint density at radius 2 is 1.73 bits per heavy atom. The molecule has 2 heterocycles. The summed E-state index contributed by atoms with van der Waals surface area (Å²) in [6.45, 7) is 3.61. The van der Waals surface area contributed by atoms with Crippen molar-refractivity contribution in [1.29, 1.82) is 0 Å². The van der Waals surface area contributed by atoms with Crippen LogP contribution in [0.5, 0.6) is 0 Å². The fraction of sp³-hybridized carbons (Fsp3) is 0.875. The Labute approximate surface area is 132 Å². The van der Waals surface area contributed by atoms with E-state index in [1.165, 1.54) is 12.8 Å². The molecule has 3 N–H and O–H groups in total. The van der Waals surface area contributed by atoms with Gasteiger partial charge in [-0.1, -0.05) is 12.8 Å². The molecular weight excluding hydrogens is 282 g/mol. The van der Waals surface area contributed by atoms with Gasteiger partial charge >= 0.3 is 0 Å². The number of nitrogens with zero attached hydrogens (tertiary/aromatic N) is 1. The fourth-order valence-corrected chi connectivity index (χ4v) is 3.23. The van der Waals surface area contributed by atoms with E-state index in [0.29, 0.717) is 45.6 Å². The van der Waals surface area contributed by atoms with Crippen LogP contribution in [0.4, 0.5) is 0 Å². The molecule has 2 amide bonds. The van der Waals surface area contributed by atoms with Crippen LogP contribution < -0.4 is 11.1 Å². The van der Waals surface area contributed by atoms with E-state index in [-0.39, 0.29) is 11.8 Å². The first-order chi connectivity index (χ1) is 10.7. The molecule has 0 radical (unpaired) electrons. The molecule has 2 rings (SSSR count). The van der Waals surface area contributed by atoms with E-state index in [2.05, 4.69) is 5.32 Å². The summed E-state index contributed by atoms with van der Waals surface area (Å²) in [6.07, 6.45) is 6.31. The van der Waals surface area contributed by atoms with Crippen molar-refractivity contribution in [3.05, 3.63) is 0 Å². The van der Waals surface area contributed by atoms with E-state index in [1.807, 2.05) is 4.90 Å². The zero-order valence-corrected chi connectivity index (χ0v) is 13.4. The summed E-state index contributed by atoms with van der Waals surface area (Å²) in [5.74, 6) is 0.123. The second-order valence-corrected chi connectivity index (χ2v) is 6.40. The van der Waals surface area contributed by atoms with Crippen LogP contribution in [-0.2, 0) is 14.3 Å². The average molecular weight is 311 g/mol. The molecule has 2 fully saturated rings. The summed E-state index contributed by atoms with van der Waals surface area (Å²) in [5, 5.41) is 2.91. The highest BCUT2D eigenvalue weighted by Crippen LogP contribution is 2.29. The highest BCUT2D eigenvalue weighted by Gasteiger charge is 2.38. The number of ether oxygens (including phenoxy) is 1. The minimum atomic E-state index is -0.510. The maximum absolute atomic E-state index is 12.4. The van der Waals surface area contributed by atoms with Crippen molar-refractivity contribution >= 4 is 11.8 Å². The summed E-state index contributed by atoms with van der Waals surface area (Å²) >= 11 is 0. The first-order valence-corrected chi connectivity index (χ1v) is 8.52. The molecular formula is C16H29N3O3. The number of amides is 2. The van der Waals surface area contributed by atoms with E-state index in [0.717, 1.165) is 25.9 Å². The van der Waals surface area contributed by atoms with Crippen LogP contribution in [0.2, 0.25) is 0 Å². The van der Waals surface area contributed by atoms with Crippen LogP contribution in [0.15, 0.2) is 0 Å². The highest BCUT2D eigenvalue weighted by atomic mass is 16.5. The Morgan fingerprint density at radius 3 is 2.32 bits per heavy atom. The van der Waals surface area contributed by atoms with E-state index < -0.39 is 5.41 Å². The van der Waals surface area contributed by atoms with Crippen molar-refractivity contribution in [3.8, 4) is 0 Å². The lowest BCUT2D eigenvalue weighted by Gasteiger charge is -2.34. The monoisotopic (exact) mass is 311 g/mol. The van der Waals surface area contributed by atoms with Gasteiger partial charge in [0.1, 0.15) is 0 Å². The molecule has 22 heavy (non-hydrogen) atoms. The number of rotatable bonds is 5. The molecule has 0 spiro atoms. The predicted molar refractivity (Wildman–Crippen MR) is 84.2 cm³/mol. The minimum Gasteiger partial charge on any atom is -0.381 e. The van der Waals surface area contributed by atoms with E-state index in [9.17, 15) is 9.59 Å². The van der Waals surface area contributed by atoms with Gasteiger partial charge < -0.3 is 20.7 Å². The Hall–Kier alpha value is -1.14. The van der Waals surface area contributed by atoms with Gasteiger partial charge in [0, 0.05) is 45.8 Å². The van der Waals surface area contributed by atoms with E-state index in [4.69, 9.17) is 10.5 Å². The van der Waals surface area contributed by atoms with Crippen molar-refractivity contribution in [2.45, 2.75) is 44.9 Å². The van der Waals surface area contributed by atoms with E-state index >= 15 is 0 Å². The molecule has 2 saturated heterocycles. The lowest BCUT2D eigenvalue weighted by Crippen LogP contribution is -2.49. The normalized spacial score (nSPS) is 22.0. The van der Waals surface area contributed by atoms with Gasteiger partial charge in [-0.2, -0.15) is 0 Å². The molecule has 0 aliphatic carbocycles. The van der Waals surface area contributed by atoms with Crippen molar-refractivity contribution in [3.63, 3.8) is 0 Å². The smallest absolute Gasteiger partial charge is 0.227 e. The first kappa shape index (κ1) is 17.2. The quantitative estimate of drug-likeness (QED) is 0.781. The molecule has 6 nitrogen and oxygen atoms in total. The zero-order valence-electron chi connectivity index (χ0n) is 13.4. The van der Waals surface area contributed by atoms with Crippen LogP contribution in [0.3, 0.4) is 0 Å². The van der Waals surface area contributed by atoms with Crippen LogP contribution in [0.1, 0.15) is 44.9 Å². The highest BCUT2D eigenvalue weighted by molar-refractivity contribution is 5.84. The van der Waals surface area contributed by atoms with Crippen LogP contribution in [0, 0.1) is 5.41 Å². The van der Waals surface area contributed by atoms with Crippen molar-refractivity contribution < 1.29 is 14.3 Å². The van der Waals surface area contributed by atoms with Gasteiger partial charge in [-0.25, -0.2) is 0 Å². The van der Waals surface area contributed by atoms with Gasteiger partial charge in [0.05, 0.1) is 5.41 Å². The molecule has 2 aliphatic heterocycles. The Balaban J connectivity index is 1.74. The SMILES string of the molecule is NCC1(C(=O)NCCC(=O)N2CCCCCC2)CCOCC1. The van der Waals surface area contributed by atoms with Crippen LogP contribution in [0.25, 0.3) is 0 Å². The Bertz CT molecular complexity index is 373. The number of carbonyl (C=O) groups excluding carboxylic acids is 2. The van der Waals surface area contributed by atoms with Gasteiger partial charge in [-0.3, -0.25) is 9.59 Å². The van der Waals surface area contributed by atoms with Crippen LogP contribution in [-0.4, -0.2) is 56.1 Å². The molecule has 0 unspecified atom stereocenters. The number of nitrogens with one attached hydrogen (secondary N) is 1. The summed E-state index contributed by atoms with van der Waals surface area (Å²) in [6, 6.07) is 0. The lowest BCUT2D eigenvalue weighted by atomic mass is 9.79. The molecule has 126 valence electrons. The molecule has 0 aromatic carbocycles. The van der Waals surface area contributed by atoms with Crippen molar-refractivity contribution in [2.24, 2.45) is 11.1 Å². The minimum absolute atomic E-state index is 0.0260. The first-order valence-electron chi connectivity index (χ1n) is 8.52. The topological polar surface area (TPSA) is 84.7 Å². The number of likely N-dealkylation sites (tertiary alicyclic amines) is 1. The number of nitrogens with two attached hydrogens (primary N) is 1. The van der Waals surface area contributed by atoms with Gasteiger partial charge in [0.2, 0.25) is 11.8 Å². The lowest BCUT2D eigenvalue weighted by molar-refractivity contribution is -0.136. The molecule has 6 heteroatoms. The standard InChI is InChI=1S/C16H29N3O3/c17-13-16(6-11-22-12-7-16)15(21)18-8-5-14(20)19-9-3-1-2-4-10-19/h1-13,17H2,(H,18,21). The van der Waals surface area contributed by atoms with E-state index in [1.54, 1.807) is 0 Å². The third-order valence-electron chi connectivity index (χ3n) is 4.91. The largest absolute Gasteiger partial charge is 0.381 e. The zero-order chi connectivity index (χ0) is 15.8. The fourth-order valence-electron chi connectivity index (χ4n) is 3.23. The summed E-state index contributed by atoms with van der Waals surface area (Å²) in [5.41, 5.74) is 5.30. The molecule has 2 aliphatic rings. The van der Waals surface area contributed by atoms with Crippen LogP contribution >= 0.6 is 0 Å².